The van der Waals surface area contributed by atoms with Crippen LogP contribution in [0.5, 0.6) is 0 Å². The van der Waals surface area contributed by atoms with Gasteiger partial charge in [-0.25, -0.2) is 29.9 Å². The fraction of sp³-hybridized carbons (Fsp3) is 0.105. The second-order valence-corrected chi connectivity index (χ2v) is 6.41. The van der Waals surface area contributed by atoms with E-state index in [4.69, 9.17) is 0 Å². The van der Waals surface area contributed by atoms with Gasteiger partial charge in [-0.2, -0.15) is 26.3 Å². The highest BCUT2D eigenvalue weighted by Crippen LogP contribution is 2.37. The fourth-order valence-corrected chi connectivity index (χ4v) is 3.36. The zero-order valence-electron chi connectivity index (χ0n) is 15.2. The van der Waals surface area contributed by atoms with Gasteiger partial charge < -0.3 is 5.32 Å². The lowest BCUT2D eigenvalue weighted by Crippen LogP contribution is -2.06. The quantitative estimate of drug-likeness (QED) is 0.341. The molecule has 0 aliphatic carbocycles. The number of fused-ring (bicyclic) bond motifs is 6. The highest BCUT2D eigenvalue weighted by Gasteiger charge is 2.29. The highest BCUT2D eigenvalue weighted by molar-refractivity contribution is 6.24. The van der Waals surface area contributed by atoms with E-state index < -0.39 is 0 Å². The van der Waals surface area contributed by atoms with Crippen LogP contribution in [0.3, 0.4) is 0 Å². The first kappa shape index (κ1) is 17.7. The van der Waals surface area contributed by atoms with Crippen LogP contribution in [0.4, 0.5) is 0 Å². The normalized spacial score (nSPS) is 14.4. The van der Waals surface area contributed by atoms with Gasteiger partial charge >= 0.3 is 0 Å². The van der Waals surface area contributed by atoms with Crippen LogP contribution in [-0.2, 0) is 0 Å². The van der Waals surface area contributed by atoms with Gasteiger partial charge in [0.15, 0.2) is 17.1 Å². The monoisotopic (exact) mass is 400 g/mol. The molecule has 1 N–H and O–H groups in total. The van der Waals surface area contributed by atoms with Gasteiger partial charge in [-0.1, -0.05) is 0 Å². The molecule has 31 heavy (non-hydrogen) atoms. The number of hydrogen-bond donors (Lipinski definition) is 1. The zero-order valence-corrected chi connectivity index (χ0v) is 15.2. The minimum atomic E-state index is -0.295. The first-order chi connectivity index (χ1) is 15.1. The molecule has 0 bridgehead atoms. The average Bonchev–Trinajstić information content (AvgIpc) is 3.67. The van der Waals surface area contributed by atoms with Crippen molar-refractivity contribution in [2.24, 2.45) is 0 Å². The van der Waals surface area contributed by atoms with Crippen molar-refractivity contribution in [2.75, 3.05) is 6.54 Å². The molecule has 1 aliphatic rings. The van der Waals surface area contributed by atoms with Gasteiger partial charge in [-0.05, 0) is 0 Å². The molecule has 0 radical (unpaired) electrons. The molecule has 1 aliphatic heterocycles. The minimum Gasteiger partial charge on any atom is -0.304 e. The van der Waals surface area contributed by atoms with Crippen molar-refractivity contribution in [1.82, 2.24) is 35.2 Å². The van der Waals surface area contributed by atoms with Crippen molar-refractivity contribution in [3.8, 4) is 30.3 Å². The summed E-state index contributed by atoms with van der Waals surface area (Å²) >= 11 is 0. The standard InChI is InChI=1S/C19H4N12/c20-1-7-13-16-14(8(2-21)27-12(5-24)29-16)18-15(17(13)30-11(4-23)26-7)9(3-22)28-19(31-18)10-6-25-10/h10,25H,6H2. The second kappa shape index (κ2) is 6.34. The predicted molar refractivity (Wildman–Crippen MR) is 100 cm³/mol. The summed E-state index contributed by atoms with van der Waals surface area (Å²) < 4.78 is 0. The molecule has 0 amide bonds. The topological polar surface area (TPSA) is 218 Å². The molecular formula is C19H4N12. The number of nitriles is 5. The lowest BCUT2D eigenvalue weighted by molar-refractivity contribution is 0.922. The van der Waals surface area contributed by atoms with Crippen molar-refractivity contribution < 1.29 is 0 Å². The van der Waals surface area contributed by atoms with Crippen molar-refractivity contribution in [2.45, 2.75) is 6.04 Å². The molecule has 12 heteroatoms. The second-order valence-electron chi connectivity index (χ2n) is 6.41. The SMILES string of the molecule is N#Cc1nc(C#N)c2c(n1)c1c(C#N)nc(C#N)nc1c1c(C#N)nc(C3CN3)nc21. The summed E-state index contributed by atoms with van der Waals surface area (Å²) in [4.78, 5) is 25.1. The maximum atomic E-state index is 9.78. The van der Waals surface area contributed by atoms with Gasteiger partial charge in [-0.15, -0.1) is 0 Å². The van der Waals surface area contributed by atoms with E-state index in [1.54, 1.807) is 12.1 Å². The Morgan fingerprint density at radius 2 is 1.00 bits per heavy atom. The van der Waals surface area contributed by atoms with Gasteiger partial charge in [0, 0.05) is 6.54 Å². The van der Waals surface area contributed by atoms with Crippen LogP contribution < -0.4 is 5.32 Å². The van der Waals surface area contributed by atoms with E-state index in [0.717, 1.165) is 0 Å². The molecule has 4 aromatic rings. The van der Waals surface area contributed by atoms with E-state index in [1.807, 2.05) is 18.2 Å². The third-order valence-electron chi connectivity index (χ3n) is 4.69. The summed E-state index contributed by atoms with van der Waals surface area (Å²) in [6, 6.07) is 9.24. The third-order valence-corrected chi connectivity index (χ3v) is 4.69. The molecular weight excluding hydrogens is 396 g/mol. The number of rotatable bonds is 1. The molecule has 1 aromatic carbocycles. The summed E-state index contributed by atoms with van der Waals surface area (Å²) in [5.41, 5.74) is -0.103. The van der Waals surface area contributed by atoms with Crippen molar-refractivity contribution >= 4 is 32.7 Å². The molecule has 140 valence electrons. The van der Waals surface area contributed by atoms with Gasteiger partial charge in [0.1, 0.15) is 36.2 Å². The summed E-state index contributed by atoms with van der Waals surface area (Å²) in [6.45, 7) is 0.626. The van der Waals surface area contributed by atoms with Crippen molar-refractivity contribution in [3.05, 3.63) is 34.6 Å². The van der Waals surface area contributed by atoms with Gasteiger partial charge in [-0.3, -0.25) is 0 Å². The number of benzene rings is 1. The van der Waals surface area contributed by atoms with E-state index in [-0.39, 0.29) is 67.5 Å². The van der Waals surface area contributed by atoms with Gasteiger partial charge in [0.25, 0.3) is 0 Å². The van der Waals surface area contributed by atoms with Gasteiger partial charge in [0.2, 0.25) is 11.6 Å². The zero-order chi connectivity index (χ0) is 21.7. The maximum Gasteiger partial charge on any atom is 0.234 e. The molecule has 1 saturated heterocycles. The molecule has 12 nitrogen and oxygen atoms in total. The van der Waals surface area contributed by atoms with Crippen LogP contribution in [0.1, 0.15) is 40.6 Å². The molecule has 0 spiro atoms. The summed E-state index contributed by atoms with van der Waals surface area (Å²) in [6.07, 6.45) is 0. The molecule has 1 fully saturated rings. The molecule has 4 heterocycles. The van der Waals surface area contributed by atoms with E-state index in [9.17, 15) is 26.3 Å². The largest absolute Gasteiger partial charge is 0.304 e. The number of hydrogen-bond acceptors (Lipinski definition) is 12. The van der Waals surface area contributed by atoms with Crippen LogP contribution >= 0.6 is 0 Å². The Labute approximate surface area is 172 Å². The maximum absolute atomic E-state index is 9.78. The summed E-state index contributed by atoms with van der Waals surface area (Å²) in [5, 5.41) is 51.2. The Kier molecular flexibility index (Phi) is 3.62. The minimum absolute atomic E-state index is 0.0414. The number of nitrogens with zero attached hydrogens (tertiary/aromatic N) is 11. The number of aromatic nitrogens is 6. The molecule has 1 unspecified atom stereocenters. The van der Waals surface area contributed by atoms with Crippen molar-refractivity contribution in [3.63, 3.8) is 0 Å². The Bertz CT molecular complexity index is 1650. The lowest BCUT2D eigenvalue weighted by atomic mass is 10.0. The fourth-order valence-electron chi connectivity index (χ4n) is 3.36. The lowest BCUT2D eigenvalue weighted by Gasteiger charge is -2.12. The summed E-state index contributed by atoms with van der Waals surface area (Å²) in [5.74, 6) is -0.249. The first-order valence-corrected chi connectivity index (χ1v) is 8.64. The molecule has 5 rings (SSSR count). The molecule has 3 aromatic heterocycles. The molecule has 0 saturated carbocycles. The Morgan fingerprint density at radius 3 is 1.39 bits per heavy atom. The van der Waals surface area contributed by atoms with Crippen LogP contribution in [0, 0.1) is 56.7 Å². The smallest absolute Gasteiger partial charge is 0.234 e. The predicted octanol–water partition coefficient (Wildman–Crippen LogP) is 0.519. The van der Waals surface area contributed by atoms with Crippen LogP contribution in [-0.4, -0.2) is 36.4 Å². The number of nitrogens with one attached hydrogen (secondary N) is 1. The first-order valence-electron chi connectivity index (χ1n) is 8.64. The van der Waals surface area contributed by atoms with Gasteiger partial charge in [0.05, 0.1) is 38.8 Å². The molecule has 1 atom stereocenters. The Hall–Kier alpha value is -5.35. The third kappa shape index (κ3) is 2.46. The van der Waals surface area contributed by atoms with E-state index in [0.29, 0.717) is 12.4 Å². The summed E-state index contributed by atoms with van der Waals surface area (Å²) in [7, 11) is 0. The Morgan fingerprint density at radius 1 is 0.581 bits per heavy atom. The van der Waals surface area contributed by atoms with Crippen LogP contribution in [0.25, 0.3) is 32.7 Å². The van der Waals surface area contributed by atoms with Crippen LogP contribution in [0.2, 0.25) is 0 Å². The van der Waals surface area contributed by atoms with Crippen molar-refractivity contribution in [1.29, 1.82) is 26.3 Å². The average molecular weight is 400 g/mol. The van der Waals surface area contributed by atoms with E-state index >= 15 is 0 Å². The van der Waals surface area contributed by atoms with E-state index in [2.05, 4.69) is 35.2 Å². The van der Waals surface area contributed by atoms with E-state index in [1.165, 1.54) is 0 Å². The Balaban J connectivity index is 2.20. The van der Waals surface area contributed by atoms with Crippen LogP contribution in [0.15, 0.2) is 0 Å². The highest BCUT2D eigenvalue weighted by atomic mass is 15.1.